The van der Waals surface area contributed by atoms with E-state index in [0.29, 0.717) is 4.48 Å². The summed E-state index contributed by atoms with van der Waals surface area (Å²) in [4.78, 5) is 18.2. The lowest BCUT2D eigenvalue weighted by molar-refractivity contribution is -0.967. The first-order chi connectivity index (χ1) is 9.31. The average Bonchev–Trinajstić information content (AvgIpc) is 2.36. The number of hydrogen-bond acceptors (Lipinski definition) is 2. The van der Waals surface area contributed by atoms with E-state index in [4.69, 9.17) is 14.3 Å². The molecule has 0 aromatic rings. The molecule has 6 heteroatoms. The zero-order valence-electron chi connectivity index (χ0n) is 13.5. The predicted octanol–water partition coefficient (Wildman–Crippen LogP) is 3.66. The molecule has 0 aliphatic rings. The van der Waals surface area contributed by atoms with E-state index in [1.54, 1.807) is 6.92 Å². The van der Waals surface area contributed by atoms with Crippen molar-refractivity contribution in [1.82, 2.24) is 0 Å². The Morgan fingerprint density at radius 3 is 1.55 bits per heavy atom. The molecule has 0 rings (SSSR count). The molecule has 0 aliphatic heterocycles. The van der Waals surface area contributed by atoms with E-state index in [1.807, 2.05) is 0 Å². The molecule has 20 heavy (non-hydrogen) atoms. The van der Waals surface area contributed by atoms with E-state index in [2.05, 4.69) is 20.8 Å². The molecular weight excluding hydrogens is 277 g/mol. The number of rotatable bonds is 12. The molecule has 0 amide bonds. The second-order valence-electron chi connectivity index (χ2n) is 5.65. The quantitative estimate of drug-likeness (QED) is 0.328. The van der Waals surface area contributed by atoms with Crippen molar-refractivity contribution in [2.24, 2.45) is 0 Å². The fraction of sp³-hybridized carbons (Fsp3) is 1.00. The molecule has 2 N–H and O–H groups in total. The van der Waals surface area contributed by atoms with Crippen molar-refractivity contribution < 1.29 is 23.4 Å². The highest BCUT2D eigenvalue weighted by Crippen LogP contribution is 2.40. The lowest BCUT2D eigenvalue weighted by Gasteiger charge is -2.43. The van der Waals surface area contributed by atoms with Crippen LogP contribution in [-0.4, -0.2) is 40.1 Å². The lowest BCUT2D eigenvalue weighted by Crippen LogP contribution is -2.56. The van der Waals surface area contributed by atoms with Crippen molar-refractivity contribution in [3.8, 4) is 0 Å². The average molecular weight is 310 g/mol. The highest BCUT2D eigenvalue weighted by Gasteiger charge is 2.37. The Bertz CT molecular complexity index is 271. The van der Waals surface area contributed by atoms with Gasteiger partial charge in [-0.15, -0.1) is 0 Å². The summed E-state index contributed by atoms with van der Waals surface area (Å²) >= 11 is 0. The molecule has 122 valence electrons. The minimum atomic E-state index is -4.43. The second kappa shape index (κ2) is 9.91. The molecule has 0 spiro atoms. The van der Waals surface area contributed by atoms with Gasteiger partial charge in [0, 0.05) is 6.92 Å². The molecule has 0 bridgehead atoms. The van der Waals surface area contributed by atoms with Crippen molar-refractivity contribution in [2.75, 3.05) is 19.6 Å². The standard InChI is InChI=1S/C14H32NO4P/c1-5-8-11-15(12-9-6-2,13-10-7-3)14(4)19-20(16,17)18/h14H,5-13H2,1-4H3,(H-,16,17,18)/p+1. The summed E-state index contributed by atoms with van der Waals surface area (Å²) in [6, 6.07) is 0. The van der Waals surface area contributed by atoms with Crippen molar-refractivity contribution in [3.05, 3.63) is 0 Å². The maximum atomic E-state index is 11.2. The normalized spacial score (nSPS) is 14.5. The summed E-state index contributed by atoms with van der Waals surface area (Å²) in [6.45, 7) is 11.0. The molecule has 5 nitrogen and oxygen atoms in total. The van der Waals surface area contributed by atoms with Gasteiger partial charge in [-0.25, -0.2) is 9.09 Å². The SMILES string of the molecule is CCCC[N+](CCCC)(CCCC)C(C)OP(=O)(O)O. The van der Waals surface area contributed by atoms with Crippen molar-refractivity contribution in [1.29, 1.82) is 0 Å². The Morgan fingerprint density at radius 1 is 0.950 bits per heavy atom. The van der Waals surface area contributed by atoms with Crippen LogP contribution in [0.25, 0.3) is 0 Å². The zero-order valence-corrected chi connectivity index (χ0v) is 14.4. The van der Waals surface area contributed by atoms with E-state index in [0.717, 1.165) is 58.2 Å². The largest absolute Gasteiger partial charge is 0.474 e. The van der Waals surface area contributed by atoms with Crippen LogP contribution in [0, 0.1) is 0 Å². The first-order valence-electron chi connectivity index (χ1n) is 7.91. The molecule has 0 aromatic heterocycles. The molecular formula is C14H33NO4P+. The lowest BCUT2D eigenvalue weighted by atomic mass is 10.1. The summed E-state index contributed by atoms with van der Waals surface area (Å²) in [5, 5.41) is 0. The van der Waals surface area contributed by atoms with Gasteiger partial charge in [-0.3, -0.25) is 4.48 Å². The van der Waals surface area contributed by atoms with Gasteiger partial charge in [0.1, 0.15) is 0 Å². The maximum Gasteiger partial charge on any atom is 0.474 e. The van der Waals surface area contributed by atoms with Gasteiger partial charge < -0.3 is 9.79 Å². The van der Waals surface area contributed by atoms with Crippen LogP contribution < -0.4 is 0 Å². The second-order valence-corrected chi connectivity index (χ2v) is 6.84. The molecule has 0 aliphatic carbocycles. The summed E-state index contributed by atoms with van der Waals surface area (Å²) in [6.07, 6.45) is 5.97. The third kappa shape index (κ3) is 7.75. The fourth-order valence-corrected chi connectivity index (χ4v) is 3.20. The van der Waals surface area contributed by atoms with Crippen molar-refractivity contribution >= 4 is 7.82 Å². The minimum absolute atomic E-state index is 0.458. The Morgan fingerprint density at radius 2 is 1.30 bits per heavy atom. The van der Waals surface area contributed by atoms with E-state index < -0.39 is 14.1 Å². The number of hydrogen-bond donors (Lipinski definition) is 2. The van der Waals surface area contributed by atoms with Gasteiger partial charge in [-0.05, 0) is 19.3 Å². The number of nitrogens with zero attached hydrogens (tertiary/aromatic N) is 1. The fourth-order valence-electron chi connectivity index (χ4n) is 2.60. The number of unbranched alkanes of at least 4 members (excludes halogenated alkanes) is 3. The molecule has 0 radical (unpaired) electrons. The first kappa shape index (κ1) is 20.1. The van der Waals surface area contributed by atoms with Gasteiger partial charge in [0.2, 0.25) is 6.23 Å². The van der Waals surface area contributed by atoms with Crippen LogP contribution in [-0.2, 0) is 9.09 Å². The molecule has 0 saturated carbocycles. The third-order valence-electron chi connectivity index (χ3n) is 3.93. The van der Waals surface area contributed by atoms with Crippen LogP contribution in [0.1, 0.15) is 66.2 Å². The Labute approximate surface area is 124 Å². The summed E-state index contributed by atoms with van der Waals surface area (Å²) in [7, 11) is -4.43. The van der Waals surface area contributed by atoms with Gasteiger partial charge >= 0.3 is 7.82 Å². The highest BCUT2D eigenvalue weighted by atomic mass is 31.2. The molecule has 0 aromatic carbocycles. The Kier molecular flexibility index (Phi) is 9.94. The van der Waals surface area contributed by atoms with Crippen LogP contribution in [0.15, 0.2) is 0 Å². The highest BCUT2D eigenvalue weighted by molar-refractivity contribution is 7.46. The molecule has 0 fully saturated rings. The van der Waals surface area contributed by atoms with Crippen molar-refractivity contribution in [3.63, 3.8) is 0 Å². The van der Waals surface area contributed by atoms with Gasteiger partial charge in [0.15, 0.2) is 0 Å². The molecule has 1 atom stereocenters. The van der Waals surface area contributed by atoms with E-state index >= 15 is 0 Å². The zero-order chi connectivity index (χ0) is 15.6. The number of phosphoric acid groups is 1. The molecule has 1 unspecified atom stereocenters. The third-order valence-corrected chi connectivity index (χ3v) is 4.51. The number of phosphoric ester groups is 1. The van der Waals surface area contributed by atoms with E-state index in [1.165, 1.54) is 0 Å². The van der Waals surface area contributed by atoms with E-state index in [-0.39, 0.29) is 0 Å². The molecule has 0 heterocycles. The summed E-state index contributed by atoms with van der Waals surface area (Å²) in [5.74, 6) is 0. The van der Waals surface area contributed by atoms with Crippen LogP contribution in [0.2, 0.25) is 0 Å². The van der Waals surface area contributed by atoms with Crippen LogP contribution in [0.3, 0.4) is 0 Å². The van der Waals surface area contributed by atoms with E-state index in [9.17, 15) is 4.57 Å². The molecule has 0 saturated heterocycles. The summed E-state index contributed by atoms with van der Waals surface area (Å²) < 4.78 is 16.9. The van der Waals surface area contributed by atoms with Crippen LogP contribution >= 0.6 is 7.82 Å². The first-order valence-corrected chi connectivity index (χ1v) is 9.44. The Hall–Kier alpha value is 0.0700. The smallest absolute Gasteiger partial charge is 0.303 e. The van der Waals surface area contributed by atoms with Crippen LogP contribution in [0.5, 0.6) is 0 Å². The van der Waals surface area contributed by atoms with Crippen molar-refractivity contribution in [2.45, 2.75) is 72.4 Å². The maximum absolute atomic E-state index is 11.2. The minimum Gasteiger partial charge on any atom is -0.303 e. The van der Waals surface area contributed by atoms with Crippen LogP contribution in [0.4, 0.5) is 0 Å². The van der Waals surface area contributed by atoms with Gasteiger partial charge in [-0.2, -0.15) is 0 Å². The Balaban J connectivity index is 5.04. The summed E-state index contributed by atoms with van der Waals surface area (Å²) in [5.41, 5.74) is 0. The predicted molar refractivity (Wildman–Crippen MR) is 82.2 cm³/mol. The topological polar surface area (TPSA) is 66.8 Å². The van der Waals surface area contributed by atoms with Gasteiger partial charge in [0.05, 0.1) is 19.6 Å². The van der Waals surface area contributed by atoms with Gasteiger partial charge in [0.25, 0.3) is 0 Å². The van der Waals surface area contributed by atoms with Gasteiger partial charge in [-0.1, -0.05) is 40.0 Å². The monoisotopic (exact) mass is 310 g/mol. The number of quaternary nitrogens is 1.